The summed E-state index contributed by atoms with van der Waals surface area (Å²) in [6.45, 7) is 0. The van der Waals surface area contributed by atoms with Gasteiger partial charge in [0.25, 0.3) is 0 Å². The molecular formula is C12H10BrNO2. The molecule has 1 saturated carbocycles. The SMILES string of the molecule is C#CC(OC(=O)c1ccc(Br)cn1)C1CC1. The number of esters is 1. The molecule has 0 saturated heterocycles. The zero-order valence-corrected chi connectivity index (χ0v) is 10.1. The standard InChI is InChI=1S/C12H10BrNO2/c1-2-11(8-3-4-8)16-12(15)10-6-5-9(13)7-14-10/h1,5-8,11H,3-4H2. The summed E-state index contributed by atoms with van der Waals surface area (Å²) in [7, 11) is 0. The van der Waals surface area contributed by atoms with Gasteiger partial charge < -0.3 is 4.74 Å². The van der Waals surface area contributed by atoms with Crippen molar-refractivity contribution in [2.45, 2.75) is 18.9 Å². The molecule has 0 aliphatic heterocycles. The molecule has 82 valence electrons. The number of terminal acetylenes is 1. The van der Waals surface area contributed by atoms with Crippen molar-refractivity contribution in [2.75, 3.05) is 0 Å². The van der Waals surface area contributed by atoms with Crippen LogP contribution in [0.4, 0.5) is 0 Å². The predicted molar refractivity (Wildman–Crippen MR) is 62.7 cm³/mol. The minimum Gasteiger partial charge on any atom is -0.444 e. The molecule has 0 spiro atoms. The second kappa shape index (κ2) is 4.67. The van der Waals surface area contributed by atoms with Crippen LogP contribution in [0.25, 0.3) is 0 Å². The molecule has 0 amide bonds. The highest BCUT2D eigenvalue weighted by molar-refractivity contribution is 9.10. The van der Waals surface area contributed by atoms with E-state index in [1.165, 1.54) is 0 Å². The highest BCUT2D eigenvalue weighted by Gasteiger charge is 2.33. The molecular weight excluding hydrogens is 270 g/mol. The monoisotopic (exact) mass is 279 g/mol. The molecule has 1 unspecified atom stereocenters. The molecule has 1 fully saturated rings. The lowest BCUT2D eigenvalue weighted by molar-refractivity contribution is 0.0367. The largest absolute Gasteiger partial charge is 0.444 e. The molecule has 4 heteroatoms. The van der Waals surface area contributed by atoms with E-state index in [2.05, 4.69) is 26.8 Å². The van der Waals surface area contributed by atoms with Gasteiger partial charge in [0.05, 0.1) is 0 Å². The van der Waals surface area contributed by atoms with Crippen LogP contribution < -0.4 is 0 Å². The van der Waals surface area contributed by atoms with E-state index in [4.69, 9.17) is 11.2 Å². The molecule has 0 aromatic carbocycles. The van der Waals surface area contributed by atoms with Crippen molar-refractivity contribution >= 4 is 21.9 Å². The van der Waals surface area contributed by atoms with Crippen molar-refractivity contribution in [3.8, 4) is 12.3 Å². The van der Waals surface area contributed by atoms with Gasteiger partial charge in [-0.25, -0.2) is 9.78 Å². The number of hydrogen-bond acceptors (Lipinski definition) is 3. The normalized spacial score (nSPS) is 16.2. The molecule has 0 bridgehead atoms. The van der Waals surface area contributed by atoms with Gasteiger partial charge in [-0.1, -0.05) is 5.92 Å². The van der Waals surface area contributed by atoms with Crippen LogP contribution >= 0.6 is 15.9 Å². The van der Waals surface area contributed by atoms with Crippen molar-refractivity contribution in [3.63, 3.8) is 0 Å². The smallest absolute Gasteiger partial charge is 0.358 e. The maximum atomic E-state index is 11.7. The van der Waals surface area contributed by atoms with Gasteiger partial charge in [-0.05, 0) is 40.9 Å². The Bertz CT molecular complexity index is 431. The Morgan fingerprint density at radius 2 is 2.38 bits per heavy atom. The van der Waals surface area contributed by atoms with E-state index < -0.39 is 12.1 Å². The minimum absolute atomic E-state index is 0.282. The van der Waals surface area contributed by atoms with Gasteiger partial charge in [0, 0.05) is 16.6 Å². The van der Waals surface area contributed by atoms with Crippen molar-refractivity contribution in [2.24, 2.45) is 5.92 Å². The second-order valence-electron chi connectivity index (χ2n) is 3.69. The molecule has 1 aliphatic rings. The molecule has 2 rings (SSSR count). The number of rotatable bonds is 3. The van der Waals surface area contributed by atoms with Gasteiger partial charge in [-0.2, -0.15) is 0 Å². The lowest BCUT2D eigenvalue weighted by Crippen LogP contribution is -2.19. The van der Waals surface area contributed by atoms with Gasteiger partial charge in [0.15, 0.2) is 6.10 Å². The van der Waals surface area contributed by atoms with E-state index in [0.29, 0.717) is 5.92 Å². The van der Waals surface area contributed by atoms with Crippen LogP contribution in [-0.4, -0.2) is 17.1 Å². The first-order chi connectivity index (χ1) is 7.70. The lowest BCUT2D eigenvalue weighted by Gasteiger charge is -2.10. The number of halogens is 1. The average Bonchev–Trinajstić information content (AvgIpc) is 3.10. The van der Waals surface area contributed by atoms with Crippen molar-refractivity contribution in [1.29, 1.82) is 0 Å². The number of nitrogens with zero attached hydrogens (tertiary/aromatic N) is 1. The summed E-state index contributed by atoms with van der Waals surface area (Å²) in [5.74, 6) is 2.38. The van der Waals surface area contributed by atoms with E-state index in [0.717, 1.165) is 17.3 Å². The molecule has 1 aliphatic carbocycles. The lowest BCUT2D eigenvalue weighted by atomic mass is 10.2. The van der Waals surface area contributed by atoms with E-state index in [-0.39, 0.29) is 5.69 Å². The second-order valence-corrected chi connectivity index (χ2v) is 4.61. The van der Waals surface area contributed by atoms with Crippen molar-refractivity contribution in [1.82, 2.24) is 4.98 Å². The van der Waals surface area contributed by atoms with Crippen molar-refractivity contribution in [3.05, 3.63) is 28.5 Å². The summed E-state index contributed by atoms with van der Waals surface area (Å²) >= 11 is 3.25. The number of aromatic nitrogens is 1. The summed E-state index contributed by atoms with van der Waals surface area (Å²) in [6.07, 6.45) is 8.53. The average molecular weight is 280 g/mol. The fraction of sp³-hybridized carbons (Fsp3) is 0.333. The topological polar surface area (TPSA) is 39.2 Å². The first-order valence-electron chi connectivity index (χ1n) is 4.99. The summed E-state index contributed by atoms with van der Waals surface area (Å²) in [4.78, 5) is 15.6. The van der Waals surface area contributed by atoms with E-state index >= 15 is 0 Å². The summed E-state index contributed by atoms with van der Waals surface area (Å²) in [5, 5.41) is 0. The molecule has 1 aromatic heterocycles. The summed E-state index contributed by atoms with van der Waals surface area (Å²) in [6, 6.07) is 3.35. The number of hydrogen-bond donors (Lipinski definition) is 0. The maximum absolute atomic E-state index is 11.7. The summed E-state index contributed by atoms with van der Waals surface area (Å²) in [5.41, 5.74) is 0.282. The molecule has 1 aromatic rings. The molecule has 0 N–H and O–H groups in total. The zero-order chi connectivity index (χ0) is 11.5. The van der Waals surface area contributed by atoms with E-state index in [1.807, 2.05) is 0 Å². The van der Waals surface area contributed by atoms with Gasteiger partial charge >= 0.3 is 5.97 Å². The zero-order valence-electron chi connectivity index (χ0n) is 8.52. The predicted octanol–water partition coefficient (Wildman–Crippen LogP) is 2.41. The Morgan fingerprint density at radius 1 is 1.62 bits per heavy atom. The van der Waals surface area contributed by atoms with Crippen LogP contribution in [0.5, 0.6) is 0 Å². The first kappa shape index (κ1) is 11.2. The Kier molecular flexibility index (Phi) is 3.25. The maximum Gasteiger partial charge on any atom is 0.358 e. The van der Waals surface area contributed by atoms with Crippen LogP contribution in [0, 0.1) is 18.3 Å². The fourth-order valence-corrected chi connectivity index (χ4v) is 1.57. The van der Waals surface area contributed by atoms with Gasteiger partial charge in [-0.3, -0.25) is 0 Å². The number of carbonyl (C=O) groups excluding carboxylic acids is 1. The van der Waals surface area contributed by atoms with Crippen LogP contribution in [0.1, 0.15) is 23.3 Å². The van der Waals surface area contributed by atoms with Crippen LogP contribution in [-0.2, 0) is 4.74 Å². The molecule has 0 radical (unpaired) electrons. The Balaban J connectivity index is 2.02. The number of ether oxygens (including phenoxy) is 1. The molecule has 3 nitrogen and oxygen atoms in total. The highest BCUT2D eigenvalue weighted by Crippen LogP contribution is 2.34. The Morgan fingerprint density at radius 3 is 2.88 bits per heavy atom. The minimum atomic E-state index is -0.456. The first-order valence-corrected chi connectivity index (χ1v) is 5.78. The third kappa shape index (κ3) is 2.61. The van der Waals surface area contributed by atoms with E-state index in [1.54, 1.807) is 18.3 Å². The fourth-order valence-electron chi connectivity index (χ4n) is 1.34. The third-order valence-electron chi connectivity index (χ3n) is 2.38. The molecule has 16 heavy (non-hydrogen) atoms. The summed E-state index contributed by atoms with van der Waals surface area (Å²) < 4.78 is 6.02. The van der Waals surface area contributed by atoms with Crippen LogP contribution in [0.15, 0.2) is 22.8 Å². The third-order valence-corrected chi connectivity index (χ3v) is 2.85. The van der Waals surface area contributed by atoms with Crippen LogP contribution in [0.3, 0.4) is 0 Å². The number of carbonyl (C=O) groups is 1. The van der Waals surface area contributed by atoms with Gasteiger partial charge in [0.2, 0.25) is 0 Å². The van der Waals surface area contributed by atoms with Gasteiger partial charge in [-0.15, -0.1) is 6.42 Å². The van der Waals surface area contributed by atoms with Crippen molar-refractivity contribution < 1.29 is 9.53 Å². The molecule has 1 heterocycles. The highest BCUT2D eigenvalue weighted by atomic mass is 79.9. The number of pyridine rings is 1. The quantitative estimate of drug-likeness (QED) is 0.630. The van der Waals surface area contributed by atoms with Crippen LogP contribution in [0.2, 0.25) is 0 Å². The Hall–Kier alpha value is -1.34. The Labute approximate surface area is 102 Å². The van der Waals surface area contributed by atoms with Gasteiger partial charge in [0.1, 0.15) is 5.69 Å². The van der Waals surface area contributed by atoms with E-state index in [9.17, 15) is 4.79 Å². The molecule has 1 atom stereocenters.